The molecule has 0 aliphatic heterocycles. The molecular formula is C9H8BrFO. The van der Waals surface area contributed by atoms with Crippen LogP contribution in [0.15, 0.2) is 16.6 Å². The number of halogens is 2. The van der Waals surface area contributed by atoms with Crippen LogP contribution >= 0.6 is 15.9 Å². The van der Waals surface area contributed by atoms with Crippen molar-refractivity contribution in [3.8, 4) is 0 Å². The highest BCUT2D eigenvalue weighted by Gasteiger charge is 2.11. The normalized spacial score (nSPS) is 10.0. The summed E-state index contributed by atoms with van der Waals surface area (Å²) < 4.78 is 13.6. The minimum atomic E-state index is -0.344. The lowest BCUT2D eigenvalue weighted by Gasteiger charge is -2.04. The molecule has 1 nitrogen and oxygen atoms in total. The summed E-state index contributed by atoms with van der Waals surface area (Å²) in [4.78, 5) is 11.0. The predicted molar refractivity (Wildman–Crippen MR) is 48.8 cm³/mol. The van der Waals surface area contributed by atoms with E-state index in [0.717, 1.165) is 0 Å². The van der Waals surface area contributed by atoms with Crippen LogP contribution in [0.5, 0.6) is 0 Å². The molecule has 0 radical (unpaired) electrons. The highest BCUT2D eigenvalue weighted by Crippen LogP contribution is 2.22. The molecule has 3 heteroatoms. The van der Waals surface area contributed by atoms with Gasteiger partial charge in [-0.3, -0.25) is 4.79 Å². The van der Waals surface area contributed by atoms with E-state index in [0.29, 0.717) is 15.6 Å². The fourth-order valence-electron chi connectivity index (χ4n) is 1.09. The second kappa shape index (κ2) is 3.35. The highest BCUT2D eigenvalue weighted by atomic mass is 79.9. The first-order valence-corrected chi connectivity index (χ1v) is 4.29. The summed E-state index contributed by atoms with van der Waals surface area (Å²) in [6.45, 7) is 3.02. The maximum Gasteiger partial charge on any atom is 0.161 e. The van der Waals surface area contributed by atoms with Crippen LogP contribution in [0.25, 0.3) is 0 Å². The highest BCUT2D eigenvalue weighted by molar-refractivity contribution is 9.10. The molecule has 1 aromatic rings. The van der Waals surface area contributed by atoms with Crippen LogP contribution in [0.2, 0.25) is 0 Å². The van der Waals surface area contributed by atoms with Gasteiger partial charge in [-0.25, -0.2) is 4.39 Å². The maximum absolute atomic E-state index is 12.9. The molecular weight excluding hydrogens is 223 g/mol. The van der Waals surface area contributed by atoms with E-state index in [9.17, 15) is 9.18 Å². The van der Waals surface area contributed by atoms with E-state index in [1.165, 1.54) is 13.0 Å². The Morgan fingerprint density at radius 2 is 2.08 bits per heavy atom. The molecule has 0 atom stereocenters. The van der Waals surface area contributed by atoms with Gasteiger partial charge in [0.15, 0.2) is 5.78 Å². The van der Waals surface area contributed by atoms with E-state index in [-0.39, 0.29) is 11.6 Å². The summed E-state index contributed by atoms with van der Waals surface area (Å²) >= 11 is 3.19. The lowest BCUT2D eigenvalue weighted by Crippen LogP contribution is -1.99. The molecule has 0 heterocycles. The van der Waals surface area contributed by atoms with Gasteiger partial charge in [-0.2, -0.15) is 0 Å². The molecule has 0 aliphatic carbocycles. The summed E-state index contributed by atoms with van der Waals surface area (Å²) in [5, 5.41) is 0. The van der Waals surface area contributed by atoms with Crippen LogP contribution in [0.1, 0.15) is 22.8 Å². The number of hydrogen-bond acceptors (Lipinski definition) is 1. The molecule has 0 saturated carbocycles. The summed E-state index contributed by atoms with van der Waals surface area (Å²) in [7, 11) is 0. The zero-order chi connectivity index (χ0) is 9.30. The van der Waals surface area contributed by atoms with Crippen molar-refractivity contribution < 1.29 is 9.18 Å². The zero-order valence-corrected chi connectivity index (χ0v) is 8.40. The van der Waals surface area contributed by atoms with Gasteiger partial charge in [-0.1, -0.05) is 15.9 Å². The Hall–Kier alpha value is -0.700. The smallest absolute Gasteiger partial charge is 0.161 e. The minimum absolute atomic E-state index is 0.126. The Morgan fingerprint density at radius 3 is 2.50 bits per heavy atom. The summed E-state index contributed by atoms with van der Waals surface area (Å²) in [5.41, 5.74) is 0.826. The fraction of sp³-hybridized carbons (Fsp3) is 0.222. The van der Waals surface area contributed by atoms with Crippen molar-refractivity contribution >= 4 is 21.7 Å². The average molecular weight is 231 g/mol. The largest absolute Gasteiger partial charge is 0.294 e. The molecule has 0 aromatic heterocycles. The Kier molecular flexibility index (Phi) is 2.62. The third-order valence-electron chi connectivity index (χ3n) is 1.70. The molecule has 0 bridgehead atoms. The zero-order valence-electron chi connectivity index (χ0n) is 6.82. The Labute approximate surface area is 78.7 Å². The number of benzene rings is 1. The van der Waals surface area contributed by atoms with Crippen molar-refractivity contribution in [2.24, 2.45) is 0 Å². The Balaban J connectivity index is 3.43. The first-order valence-electron chi connectivity index (χ1n) is 3.49. The van der Waals surface area contributed by atoms with Gasteiger partial charge in [0.2, 0.25) is 0 Å². The van der Waals surface area contributed by atoms with Crippen LogP contribution < -0.4 is 0 Å². The number of Topliss-reactive ketones (excluding diaryl/α,β-unsaturated/α-hetero) is 1. The Bertz CT molecular complexity index is 334. The topological polar surface area (TPSA) is 17.1 Å². The van der Waals surface area contributed by atoms with Crippen LogP contribution in [0, 0.1) is 12.7 Å². The fourth-order valence-corrected chi connectivity index (χ4v) is 1.79. The van der Waals surface area contributed by atoms with Crippen LogP contribution in [0.3, 0.4) is 0 Å². The molecule has 0 fully saturated rings. The number of hydrogen-bond donors (Lipinski definition) is 0. The molecule has 0 amide bonds. The van der Waals surface area contributed by atoms with Gasteiger partial charge in [-0.15, -0.1) is 0 Å². The molecule has 0 unspecified atom stereocenters. The van der Waals surface area contributed by atoms with E-state index in [1.54, 1.807) is 13.0 Å². The van der Waals surface area contributed by atoms with Crippen molar-refractivity contribution in [2.75, 3.05) is 0 Å². The number of carbonyl (C=O) groups excluding carboxylic acids is 1. The van der Waals surface area contributed by atoms with Gasteiger partial charge in [0, 0.05) is 10.0 Å². The van der Waals surface area contributed by atoms with Crippen molar-refractivity contribution in [1.82, 2.24) is 0 Å². The quantitative estimate of drug-likeness (QED) is 0.678. The standard InChI is InChI=1S/C9H8BrFO/c1-5-8(11)4-3-7(10)9(5)6(2)12/h3-4H,1-2H3. The van der Waals surface area contributed by atoms with Gasteiger partial charge in [0.1, 0.15) is 5.82 Å². The third-order valence-corrected chi connectivity index (χ3v) is 2.36. The molecule has 12 heavy (non-hydrogen) atoms. The monoisotopic (exact) mass is 230 g/mol. The van der Waals surface area contributed by atoms with Crippen molar-refractivity contribution in [2.45, 2.75) is 13.8 Å². The number of carbonyl (C=O) groups is 1. The molecule has 0 saturated heterocycles. The van der Waals surface area contributed by atoms with Gasteiger partial charge >= 0.3 is 0 Å². The summed E-state index contributed by atoms with van der Waals surface area (Å²) in [5.74, 6) is -0.470. The lowest BCUT2D eigenvalue weighted by atomic mass is 10.1. The van der Waals surface area contributed by atoms with E-state index in [1.807, 2.05) is 0 Å². The average Bonchev–Trinajstić information content (AvgIpc) is 1.97. The second-order valence-corrected chi connectivity index (χ2v) is 3.44. The third kappa shape index (κ3) is 1.55. The summed E-state index contributed by atoms with van der Waals surface area (Å²) in [6, 6.07) is 2.88. The minimum Gasteiger partial charge on any atom is -0.294 e. The van der Waals surface area contributed by atoms with E-state index < -0.39 is 0 Å². The Morgan fingerprint density at radius 1 is 1.50 bits per heavy atom. The predicted octanol–water partition coefficient (Wildman–Crippen LogP) is 3.10. The molecule has 0 aliphatic rings. The van der Waals surface area contributed by atoms with Crippen molar-refractivity contribution in [3.05, 3.63) is 33.5 Å². The van der Waals surface area contributed by atoms with E-state index in [4.69, 9.17) is 0 Å². The van der Waals surface area contributed by atoms with Crippen molar-refractivity contribution in [3.63, 3.8) is 0 Å². The van der Waals surface area contributed by atoms with Crippen LogP contribution in [-0.4, -0.2) is 5.78 Å². The SMILES string of the molecule is CC(=O)c1c(Br)ccc(F)c1C. The lowest BCUT2D eigenvalue weighted by molar-refractivity contribution is 0.101. The second-order valence-electron chi connectivity index (χ2n) is 2.59. The van der Waals surface area contributed by atoms with Gasteiger partial charge in [0.05, 0.1) is 0 Å². The number of rotatable bonds is 1. The van der Waals surface area contributed by atoms with E-state index in [2.05, 4.69) is 15.9 Å². The van der Waals surface area contributed by atoms with Gasteiger partial charge in [-0.05, 0) is 31.5 Å². The summed E-state index contributed by atoms with van der Waals surface area (Å²) in [6.07, 6.45) is 0. The maximum atomic E-state index is 12.9. The van der Waals surface area contributed by atoms with Crippen LogP contribution in [-0.2, 0) is 0 Å². The number of ketones is 1. The first-order chi connectivity index (χ1) is 5.54. The van der Waals surface area contributed by atoms with Crippen molar-refractivity contribution in [1.29, 1.82) is 0 Å². The molecule has 1 aromatic carbocycles. The van der Waals surface area contributed by atoms with Gasteiger partial charge < -0.3 is 0 Å². The van der Waals surface area contributed by atoms with Crippen LogP contribution in [0.4, 0.5) is 4.39 Å². The van der Waals surface area contributed by atoms with Gasteiger partial charge in [0.25, 0.3) is 0 Å². The molecule has 64 valence electrons. The van der Waals surface area contributed by atoms with E-state index >= 15 is 0 Å². The molecule has 0 N–H and O–H groups in total. The first kappa shape index (κ1) is 9.39. The molecule has 1 rings (SSSR count). The molecule has 0 spiro atoms.